The van der Waals surface area contributed by atoms with E-state index in [1.54, 1.807) is 19.1 Å². The molecule has 1 N–H and O–H groups in total. The number of benzene rings is 1. The zero-order chi connectivity index (χ0) is 17.0. The Kier molecular flexibility index (Phi) is 5.39. The first kappa shape index (κ1) is 17.0. The maximum absolute atomic E-state index is 12.2. The third kappa shape index (κ3) is 4.10. The molecule has 2 rings (SSSR count). The second kappa shape index (κ2) is 7.28. The van der Waals surface area contributed by atoms with Crippen LogP contribution in [0.2, 0.25) is 0 Å². The zero-order valence-corrected chi connectivity index (χ0v) is 14.3. The first-order chi connectivity index (χ1) is 10.9. The van der Waals surface area contributed by atoms with Crippen molar-refractivity contribution in [2.24, 2.45) is 0 Å². The standard InChI is InChI=1S/C17H19NO4S/c1-10-5-6-14(21-4)13(9-10)18-16(19)12(3)22-17(20)15-11(2)7-8-23-15/h5-9,12H,1-4H3,(H,18,19)/t12-/m0/s1. The van der Waals surface area contributed by atoms with Crippen LogP contribution in [0.4, 0.5) is 5.69 Å². The number of ether oxygens (including phenoxy) is 2. The Bertz CT molecular complexity index is 723. The molecule has 0 aliphatic heterocycles. The summed E-state index contributed by atoms with van der Waals surface area (Å²) in [5.74, 6) is -0.343. The summed E-state index contributed by atoms with van der Waals surface area (Å²) in [6.45, 7) is 5.28. The summed E-state index contributed by atoms with van der Waals surface area (Å²) in [5, 5.41) is 4.54. The molecule has 0 radical (unpaired) electrons. The van der Waals surface area contributed by atoms with E-state index in [1.807, 2.05) is 31.4 Å². The molecule has 23 heavy (non-hydrogen) atoms. The van der Waals surface area contributed by atoms with Gasteiger partial charge in [-0.3, -0.25) is 4.79 Å². The molecule has 0 aliphatic carbocycles. The molecule has 122 valence electrons. The highest BCUT2D eigenvalue weighted by Gasteiger charge is 2.21. The molecular formula is C17H19NO4S. The van der Waals surface area contributed by atoms with Crippen molar-refractivity contribution in [2.75, 3.05) is 12.4 Å². The van der Waals surface area contributed by atoms with E-state index in [1.165, 1.54) is 18.4 Å². The monoisotopic (exact) mass is 333 g/mol. The van der Waals surface area contributed by atoms with Gasteiger partial charge in [0.05, 0.1) is 12.8 Å². The van der Waals surface area contributed by atoms with Crippen LogP contribution in [0.25, 0.3) is 0 Å². The number of carbonyl (C=O) groups excluding carboxylic acids is 2. The van der Waals surface area contributed by atoms with Gasteiger partial charge in [0, 0.05) is 0 Å². The largest absolute Gasteiger partial charge is 0.495 e. The number of rotatable bonds is 5. The van der Waals surface area contributed by atoms with E-state index in [0.717, 1.165) is 11.1 Å². The van der Waals surface area contributed by atoms with Crippen molar-refractivity contribution >= 4 is 28.9 Å². The molecule has 1 atom stereocenters. The van der Waals surface area contributed by atoms with E-state index >= 15 is 0 Å². The van der Waals surface area contributed by atoms with Gasteiger partial charge in [0.1, 0.15) is 10.6 Å². The minimum Gasteiger partial charge on any atom is -0.495 e. The predicted molar refractivity (Wildman–Crippen MR) is 90.3 cm³/mol. The smallest absolute Gasteiger partial charge is 0.349 e. The Labute approximate surface area is 139 Å². The summed E-state index contributed by atoms with van der Waals surface area (Å²) in [6, 6.07) is 7.30. The molecule has 1 aromatic heterocycles. The Balaban J connectivity index is 2.04. The van der Waals surface area contributed by atoms with Crippen molar-refractivity contribution in [1.82, 2.24) is 0 Å². The number of hydrogen-bond donors (Lipinski definition) is 1. The number of amides is 1. The number of carbonyl (C=O) groups is 2. The van der Waals surface area contributed by atoms with Crippen LogP contribution in [0, 0.1) is 13.8 Å². The highest BCUT2D eigenvalue weighted by atomic mass is 32.1. The van der Waals surface area contributed by atoms with Crippen molar-refractivity contribution < 1.29 is 19.1 Å². The molecule has 6 heteroatoms. The van der Waals surface area contributed by atoms with Crippen LogP contribution < -0.4 is 10.1 Å². The molecule has 0 saturated heterocycles. The Morgan fingerprint density at radius 1 is 1.22 bits per heavy atom. The number of anilines is 1. The maximum Gasteiger partial charge on any atom is 0.349 e. The molecule has 0 aliphatic rings. The van der Waals surface area contributed by atoms with Crippen molar-refractivity contribution in [3.63, 3.8) is 0 Å². The number of thiophene rings is 1. The zero-order valence-electron chi connectivity index (χ0n) is 13.5. The van der Waals surface area contributed by atoms with Gasteiger partial charge in [0.25, 0.3) is 5.91 Å². The second-order valence-corrected chi connectivity index (χ2v) is 6.09. The van der Waals surface area contributed by atoms with Gasteiger partial charge in [-0.1, -0.05) is 6.07 Å². The lowest BCUT2D eigenvalue weighted by molar-refractivity contribution is -0.123. The van der Waals surface area contributed by atoms with E-state index in [4.69, 9.17) is 9.47 Å². The van der Waals surface area contributed by atoms with Crippen LogP contribution in [0.1, 0.15) is 27.7 Å². The lowest BCUT2D eigenvalue weighted by atomic mass is 10.2. The van der Waals surface area contributed by atoms with Crippen LogP contribution in [0.15, 0.2) is 29.6 Å². The third-order valence-electron chi connectivity index (χ3n) is 3.31. The first-order valence-electron chi connectivity index (χ1n) is 7.13. The molecule has 2 aromatic rings. The third-order valence-corrected chi connectivity index (χ3v) is 4.31. The highest BCUT2D eigenvalue weighted by Crippen LogP contribution is 2.25. The average Bonchev–Trinajstić information content (AvgIpc) is 2.93. The summed E-state index contributed by atoms with van der Waals surface area (Å²) in [7, 11) is 1.53. The van der Waals surface area contributed by atoms with E-state index < -0.39 is 18.0 Å². The maximum atomic E-state index is 12.2. The fourth-order valence-electron chi connectivity index (χ4n) is 2.00. The average molecular weight is 333 g/mol. The lowest BCUT2D eigenvalue weighted by Crippen LogP contribution is -2.30. The molecule has 0 unspecified atom stereocenters. The highest BCUT2D eigenvalue weighted by molar-refractivity contribution is 7.12. The molecule has 1 aromatic carbocycles. The van der Waals surface area contributed by atoms with Gasteiger partial charge in [-0.05, 0) is 55.5 Å². The molecule has 0 bridgehead atoms. The molecule has 0 spiro atoms. The van der Waals surface area contributed by atoms with Crippen molar-refractivity contribution in [1.29, 1.82) is 0 Å². The van der Waals surface area contributed by atoms with Gasteiger partial charge >= 0.3 is 5.97 Å². The summed E-state index contributed by atoms with van der Waals surface area (Å²) < 4.78 is 10.4. The van der Waals surface area contributed by atoms with Gasteiger partial charge < -0.3 is 14.8 Å². The molecule has 1 heterocycles. The Hall–Kier alpha value is -2.34. The van der Waals surface area contributed by atoms with Gasteiger partial charge in [-0.2, -0.15) is 0 Å². The van der Waals surface area contributed by atoms with Crippen LogP contribution in [0.5, 0.6) is 5.75 Å². The molecule has 0 saturated carbocycles. The van der Waals surface area contributed by atoms with Crippen LogP contribution >= 0.6 is 11.3 Å². The summed E-state index contributed by atoms with van der Waals surface area (Å²) in [4.78, 5) is 24.8. The Morgan fingerprint density at radius 3 is 2.57 bits per heavy atom. The summed E-state index contributed by atoms with van der Waals surface area (Å²) >= 11 is 1.30. The van der Waals surface area contributed by atoms with Crippen molar-refractivity contribution in [2.45, 2.75) is 26.9 Å². The predicted octanol–water partition coefficient (Wildman–Crippen LogP) is 3.56. The molecule has 5 nitrogen and oxygen atoms in total. The van der Waals surface area contributed by atoms with Crippen molar-refractivity contribution in [3.05, 3.63) is 45.6 Å². The number of aryl methyl sites for hydroxylation is 2. The molecular weight excluding hydrogens is 314 g/mol. The quantitative estimate of drug-likeness (QED) is 0.850. The topological polar surface area (TPSA) is 64.6 Å². The number of nitrogens with one attached hydrogen (secondary N) is 1. The number of esters is 1. The van der Waals surface area contributed by atoms with E-state index in [9.17, 15) is 9.59 Å². The fourth-order valence-corrected chi connectivity index (χ4v) is 2.81. The van der Waals surface area contributed by atoms with Gasteiger partial charge in [-0.15, -0.1) is 11.3 Å². The van der Waals surface area contributed by atoms with Gasteiger partial charge in [0.2, 0.25) is 0 Å². The minimum atomic E-state index is -0.908. The minimum absolute atomic E-state index is 0.406. The van der Waals surface area contributed by atoms with E-state index in [-0.39, 0.29) is 0 Å². The van der Waals surface area contributed by atoms with Crippen LogP contribution in [0.3, 0.4) is 0 Å². The van der Waals surface area contributed by atoms with Crippen molar-refractivity contribution in [3.8, 4) is 5.75 Å². The molecule has 1 amide bonds. The number of hydrogen-bond acceptors (Lipinski definition) is 5. The summed E-state index contributed by atoms with van der Waals surface area (Å²) in [6.07, 6.45) is -0.908. The lowest BCUT2D eigenvalue weighted by Gasteiger charge is -2.15. The second-order valence-electron chi connectivity index (χ2n) is 5.17. The van der Waals surface area contributed by atoms with E-state index in [2.05, 4.69) is 5.32 Å². The van der Waals surface area contributed by atoms with Crippen LogP contribution in [-0.4, -0.2) is 25.1 Å². The SMILES string of the molecule is COc1ccc(C)cc1NC(=O)[C@H](C)OC(=O)c1sccc1C. The van der Waals surface area contributed by atoms with E-state index in [0.29, 0.717) is 16.3 Å². The normalized spacial score (nSPS) is 11.7. The Morgan fingerprint density at radius 2 is 1.96 bits per heavy atom. The van der Waals surface area contributed by atoms with Gasteiger partial charge in [-0.25, -0.2) is 4.79 Å². The summed E-state index contributed by atoms with van der Waals surface area (Å²) in [5.41, 5.74) is 2.38. The fraction of sp³-hybridized carbons (Fsp3) is 0.294. The van der Waals surface area contributed by atoms with Crippen LogP contribution in [-0.2, 0) is 9.53 Å². The number of methoxy groups -OCH3 is 1. The molecule has 0 fully saturated rings. The first-order valence-corrected chi connectivity index (χ1v) is 8.01. The van der Waals surface area contributed by atoms with Gasteiger partial charge in [0.15, 0.2) is 6.10 Å².